The lowest BCUT2D eigenvalue weighted by Crippen LogP contribution is -2.16. The van der Waals surface area contributed by atoms with E-state index in [0.29, 0.717) is 22.4 Å². The van der Waals surface area contributed by atoms with Gasteiger partial charge in [-0.2, -0.15) is 0 Å². The van der Waals surface area contributed by atoms with Crippen molar-refractivity contribution in [1.82, 2.24) is 9.55 Å². The second-order valence-corrected chi connectivity index (χ2v) is 9.18. The van der Waals surface area contributed by atoms with E-state index in [1.807, 2.05) is 16.7 Å². The van der Waals surface area contributed by atoms with Crippen molar-refractivity contribution in [3.63, 3.8) is 0 Å². The Balaban J connectivity index is 1.72. The van der Waals surface area contributed by atoms with Crippen LogP contribution in [0.2, 0.25) is 5.02 Å². The first-order chi connectivity index (χ1) is 14.3. The quantitative estimate of drug-likeness (QED) is 0.391. The Labute approximate surface area is 184 Å². The zero-order valence-corrected chi connectivity index (χ0v) is 18.2. The molecule has 0 atom stereocenters. The van der Waals surface area contributed by atoms with E-state index >= 15 is 0 Å². The first-order valence-electron chi connectivity index (χ1n) is 8.76. The summed E-state index contributed by atoms with van der Waals surface area (Å²) >= 11 is 7.23. The van der Waals surface area contributed by atoms with Gasteiger partial charge in [0, 0.05) is 17.3 Å². The molecule has 10 heteroatoms. The molecular formula is C20H19ClN4O3S2. The number of primary sulfonamides is 1. The van der Waals surface area contributed by atoms with Crippen molar-refractivity contribution in [2.75, 3.05) is 11.1 Å². The minimum absolute atomic E-state index is 0.0675. The van der Waals surface area contributed by atoms with Crippen molar-refractivity contribution in [1.29, 1.82) is 0 Å². The van der Waals surface area contributed by atoms with Gasteiger partial charge in [-0.05, 0) is 35.9 Å². The molecule has 1 amide bonds. The minimum atomic E-state index is -3.84. The van der Waals surface area contributed by atoms with Crippen LogP contribution in [0.15, 0.2) is 77.4 Å². The average Bonchev–Trinajstić information content (AvgIpc) is 3.09. The summed E-state index contributed by atoms with van der Waals surface area (Å²) in [4.78, 5) is 16.7. The van der Waals surface area contributed by atoms with Gasteiger partial charge in [-0.15, -0.1) is 6.58 Å². The third kappa shape index (κ3) is 5.51. The standard InChI is InChI=1S/C20H19ClN4O3S2/c1-2-10-25-18(14-6-8-15(21)9-7-14)12-23-20(25)29-13-19(26)24-16-4-3-5-17(11-16)30(22,27)28/h2-9,11-12H,1,10,13H2,(H,24,26)(H2,22,27,28). The number of amides is 1. The highest BCUT2D eigenvalue weighted by atomic mass is 35.5. The Hall–Kier alpha value is -2.59. The smallest absolute Gasteiger partial charge is 0.238 e. The lowest BCUT2D eigenvalue weighted by Gasteiger charge is -2.10. The van der Waals surface area contributed by atoms with E-state index in [1.54, 1.807) is 30.5 Å². The molecule has 1 aromatic heterocycles. The molecule has 0 bridgehead atoms. The van der Waals surface area contributed by atoms with E-state index in [4.69, 9.17) is 16.7 Å². The predicted octanol–water partition coefficient (Wildman–Crippen LogP) is 3.77. The number of nitrogens with zero attached hydrogens (tertiary/aromatic N) is 2. The molecule has 0 aliphatic carbocycles. The summed E-state index contributed by atoms with van der Waals surface area (Å²) < 4.78 is 24.9. The van der Waals surface area contributed by atoms with E-state index in [1.165, 1.54) is 30.0 Å². The topological polar surface area (TPSA) is 107 Å². The van der Waals surface area contributed by atoms with Gasteiger partial charge in [0.25, 0.3) is 0 Å². The Morgan fingerprint density at radius 1 is 1.27 bits per heavy atom. The van der Waals surface area contributed by atoms with Crippen molar-refractivity contribution in [3.05, 3.63) is 72.4 Å². The summed E-state index contributed by atoms with van der Waals surface area (Å²) in [5, 5.41) is 9.10. The second-order valence-electron chi connectivity index (χ2n) is 6.24. The second kappa shape index (κ2) is 9.48. The van der Waals surface area contributed by atoms with E-state index in [0.717, 1.165) is 11.3 Å². The molecule has 0 aliphatic heterocycles. The SMILES string of the molecule is C=CCn1c(-c2ccc(Cl)cc2)cnc1SCC(=O)Nc1cccc(S(N)(=O)=O)c1. The molecule has 2 aromatic carbocycles. The van der Waals surface area contributed by atoms with Gasteiger partial charge in [0.2, 0.25) is 15.9 Å². The third-order valence-corrected chi connectivity index (χ3v) is 6.20. The molecule has 7 nitrogen and oxygen atoms in total. The van der Waals surface area contributed by atoms with Gasteiger partial charge in [-0.3, -0.25) is 4.79 Å². The van der Waals surface area contributed by atoms with Gasteiger partial charge < -0.3 is 9.88 Å². The molecule has 0 saturated carbocycles. The number of rotatable bonds is 8. The Bertz CT molecular complexity index is 1180. The van der Waals surface area contributed by atoms with Crippen LogP contribution in [-0.4, -0.2) is 29.6 Å². The zero-order chi connectivity index (χ0) is 21.7. The van der Waals surface area contributed by atoms with Crippen molar-refractivity contribution in [2.45, 2.75) is 16.6 Å². The number of sulfonamides is 1. The highest BCUT2D eigenvalue weighted by molar-refractivity contribution is 7.99. The molecule has 0 aliphatic rings. The van der Waals surface area contributed by atoms with Crippen molar-refractivity contribution >= 4 is 45.0 Å². The Kier molecular flexibility index (Phi) is 6.99. The van der Waals surface area contributed by atoms with Crippen molar-refractivity contribution in [3.8, 4) is 11.3 Å². The van der Waals surface area contributed by atoms with Gasteiger partial charge >= 0.3 is 0 Å². The first-order valence-corrected chi connectivity index (χ1v) is 11.7. The monoisotopic (exact) mass is 462 g/mol. The number of carbonyl (C=O) groups excluding carboxylic acids is 1. The number of nitrogens with two attached hydrogens (primary N) is 1. The fourth-order valence-electron chi connectivity index (χ4n) is 2.71. The highest BCUT2D eigenvalue weighted by Crippen LogP contribution is 2.27. The summed E-state index contributed by atoms with van der Waals surface area (Å²) in [7, 11) is -3.84. The summed E-state index contributed by atoms with van der Waals surface area (Å²) in [6, 6.07) is 13.2. The average molecular weight is 463 g/mol. The van der Waals surface area contributed by atoms with Crippen LogP contribution in [0.25, 0.3) is 11.3 Å². The number of benzene rings is 2. The molecule has 156 valence electrons. The maximum absolute atomic E-state index is 12.3. The van der Waals surface area contributed by atoms with Crippen LogP contribution in [0.3, 0.4) is 0 Å². The van der Waals surface area contributed by atoms with Crippen LogP contribution in [0.5, 0.6) is 0 Å². The molecular weight excluding hydrogens is 444 g/mol. The molecule has 3 aromatic rings. The molecule has 0 fully saturated rings. The lowest BCUT2D eigenvalue weighted by molar-refractivity contribution is -0.113. The maximum Gasteiger partial charge on any atom is 0.238 e. The fraction of sp³-hybridized carbons (Fsp3) is 0.100. The zero-order valence-electron chi connectivity index (χ0n) is 15.8. The lowest BCUT2D eigenvalue weighted by atomic mass is 10.2. The predicted molar refractivity (Wildman–Crippen MR) is 120 cm³/mol. The molecule has 1 heterocycles. The van der Waals surface area contributed by atoms with Crippen LogP contribution >= 0.6 is 23.4 Å². The summed E-state index contributed by atoms with van der Waals surface area (Å²) in [5.74, 6) is -0.207. The van der Waals surface area contributed by atoms with Gasteiger partial charge in [-0.1, -0.05) is 47.6 Å². The molecule has 3 rings (SSSR count). The normalized spacial score (nSPS) is 11.3. The molecule has 0 radical (unpaired) electrons. The number of anilines is 1. The van der Waals surface area contributed by atoms with Crippen LogP contribution in [-0.2, 0) is 21.4 Å². The fourth-order valence-corrected chi connectivity index (χ4v) is 4.18. The molecule has 3 N–H and O–H groups in total. The summed E-state index contributed by atoms with van der Waals surface area (Å²) in [6.07, 6.45) is 3.49. The van der Waals surface area contributed by atoms with E-state index in [9.17, 15) is 13.2 Å². The number of nitrogens with one attached hydrogen (secondary N) is 1. The number of allylic oxidation sites excluding steroid dienone is 1. The largest absolute Gasteiger partial charge is 0.325 e. The van der Waals surface area contributed by atoms with Gasteiger partial charge in [0.15, 0.2) is 5.16 Å². The number of thioether (sulfide) groups is 1. The number of halogens is 1. The number of hydrogen-bond acceptors (Lipinski definition) is 5. The van der Waals surface area contributed by atoms with E-state index in [-0.39, 0.29) is 16.6 Å². The van der Waals surface area contributed by atoms with Gasteiger partial charge in [0.05, 0.1) is 22.5 Å². The maximum atomic E-state index is 12.3. The van der Waals surface area contributed by atoms with Crippen LogP contribution < -0.4 is 10.5 Å². The Morgan fingerprint density at radius 3 is 2.67 bits per heavy atom. The summed E-state index contributed by atoms with van der Waals surface area (Å²) in [6.45, 7) is 4.31. The number of carbonyl (C=O) groups is 1. The Morgan fingerprint density at radius 2 is 2.00 bits per heavy atom. The number of hydrogen-bond donors (Lipinski definition) is 2. The van der Waals surface area contributed by atoms with Gasteiger partial charge in [0.1, 0.15) is 0 Å². The molecule has 0 saturated heterocycles. The molecule has 30 heavy (non-hydrogen) atoms. The summed E-state index contributed by atoms with van der Waals surface area (Å²) in [5.41, 5.74) is 2.18. The highest BCUT2D eigenvalue weighted by Gasteiger charge is 2.14. The van der Waals surface area contributed by atoms with Gasteiger partial charge in [-0.25, -0.2) is 18.5 Å². The van der Waals surface area contributed by atoms with E-state index in [2.05, 4.69) is 16.9 Å². The first kappa shape index (κ1) is 22.1. The minimum Gasteiger partial charge on any atom is -0.325 e. The van der Waals surface area contributed by atoms with Crippen LogP contribution in [0, 0.1) is 0 Å². The third-order valence-electron chi connectivity index (χ3n) is 4.05. The molecule has 0 unspecified atom stereocenters. The van der Waals surface area contributed by atoms with E-state index < -0.39 is 10.0 Å². The van der Waals surface area contributed by atoms with Crippen LogP contribution in [0.4, 0.5) is 5.69 Å². The molecule has 0 spiro atoms. The van der Waals surface area contributed by atoms with Crippen LogP contribution in [0.1, 0.15) is 0 Å². The van der Waals surface area contributed by atoms with Crippen molar-refractivity contribution in [2.24, 2.45) is 5.14 Å². The number of aromatic nitrogens is 2. The van der Waals surface area contributed by atoms with Crippen molar-refractivity contribution < 1.29 is 13.2 Å². The number of imidazole rings is 1.